The van der Waals surface area contributed by atoms with Crippen LogP contribution < -0.4 is 0 Å². The maximum absolute atomic E-state index is 5.57. The van der Waals surface area contributed by atoms with E-state index >= 15 is 0 Å². The van der Waals surface area contributed by atoms with Gasteiger partial charge in [-0.2, -0.15) is 0 Å². The van der Waals surface area contributed by atoms with E-state index < -0.39 is 0 Å². The fourth-order valence-electron chi connectivity index (χ4n) is 2.13. The summed E-state index contributed by atoms with van der Waals surface area (Å²) in [6.07, 6.45) is 3.53. The van der Waals surface area contributed by atoms with Crippen LogP contribution in [0.3, 0.4) is 0 Å². The van der Waals surface area contributed by atoms with E-state index in [1.54, 1.807) is 12.4 Å². The number of rotatable bonds is 5. The Morgan fingerprint density at radius 3 is 2.39 bits per heavy atom. The van der Waals surface area contributed by atoms with Crippen molar-refractivity contribution in [3.63, 3.8) is 0 Å². The van der Waals surface area contributed by atoms with Crippen LogP contribution in [0.1, 0.15) is 16.7 Å². The van der Waals surface area contributed by atoms with E-state index in [2.05, 4.69) is 26.1 Å². The van der Waals surface area contributed by atoms with Gasteiger partial charge in [-0.05, 0) is 29.8 Å². The molecule has 4 heteroatoms. The Bertz CT molecular complexity index is 771. The lowest BCUT2D eigenvalue weighted by Gasteiger charge is -2.07. The van der Waals surface area contributed by atoms with Crippen molar-refractivity contribution in [3.8, 4) is 0 Å². The molecule has 0 unspecified atom stereocenters. The molecule has 0 aliphatic heterocycles. The van der Waals surface area contributed by atoms with Gasteiger partial charge in [0, 0.05) is 28.0 Å². The number of oxime groups is 1. The predicted octanol–water partition coefficient (Wildman–Crippen LogP) is 4.81. The molecule has 0 bridgehead atoms. The Hall–Kier alpha value is -2.46. The molecule has 1 aromatic heterocycles. The van der Waals surface area contributed by atoms with E-state index in [1.165, 1.54) is 0 Å². The van der Waals surface area contributed by atoms with E-state index in [0.717, 1.165) is 26.9 Å². The first kappa shape index (κ1) is 15.4. The zero-order valence-corrected chi connectivity index (χ0v) is 14.0. The van der Waals surface area contributed by atoms with Gasteiger partial charge >= 0.3 is 0 Å². The Kier molecular flexibility index (Phi) is 5.17. The first-order valence-corrected chi connectivity index (χ1v) is 8.02. The SMILES string of the molecule is Brc1ccc(C(=NOCc2ccccc2)c2cccnc2)cc1. The maximum atomic E-state index is 5.57. The zero-order chi connectivity index (χ0) is 15.9. The minimum Gasteiger partial charge on any atom is -0.390 e. The normalized spacial score (nSPS) is 11.3. The average molecular weight is 367 g/mol. The van der Waals surface area contributed by atoms with Crippen molar-refractivity contribution in [3.05, 3.63) is 100 Å². The Morgan fingerprint density at radius 1 is 0.913 bits per heavy atom. The summed E-state index contributed by atoms with van der Waals surface area (Å²) in [5, 5.41) is 4.35. The molecule has 0 fully saturated rings. The van der Waals surface area contributed by atoms with Gasteiger partial charge in [0.1, 0.15) is 12.3 Å². The lowest BCUT2D eigenvalue weighted by Crippen LogP contribution is -2.05. The van der Waals surface area contributed by atoms with E-state index in [9.17, 15) is 0 Å². The molecule has 3 nitrogen and oxygen atoms in total. The molecule has 0 saturated heterocycles. The highest BCUT2D eigenvalue weighted by Crippen LogP contribution is 2.15. The molecule has 3 rings (SSSR count). The molecular formula is C19H15BrN2O. The second-order valence-corrected chi connectivity index (χ2v) is 5.86. The van der Waals surface area contributed by atoms with Crippen LogP contribution in [0, 0.1) is 0 Å². The minimum absolute atomic E-state index is 0.432. The summed E-state index contributed by atoms with van der Waals surface area (Å²) in [6, 6.07) is 21.8. The van der Waals surface area contributed by atoms with Gasteiger partial charge in [0.25, 0.3) is 0 Å². The van der Waals surface area contributed by atoms with E-state index in [1.807, 2.05) is 66.7 Å². The first-order valence-electron chi connectivity index (χ1n) is 7.23. The number of aromatic nitrogens is 1. The molecule has 0 radical (unpaired) electrons. The molecule has 0 spiro atoms. The Morgan fingerprint density at radius 2 is 1.70 bits per heavy atom. The van der Waals surface area contributed by atoms with Gasteiger partial charge < -0.3 is 4.84 Å². The number of halogens is 1. The van der Waals surface area contributed by atoms with Crippen molar-refractivity contribution in [2.45, 2.75) is 6.61 Å². The van der Waals surface area contributed by atoms with Gasteiger partial charge in [-0.3, -0.25) is 4.98 Å². The molecule has 0 saturated carbocycles. The number of pyridine rings is 1. The zero-order valence-electron chi connectivity index (χ0n) is 12.4. The van der Waals surface area contributed by atoms with E-state index in [0.29, 0.717) is 6.61 Å². The highest BCUT2D eigenvalue weighted by atomic mass is 79.9. The van der Waals surface area contributed by atoms with Crippen molar-refractivity contribution in [1.29, 1.82) is 0 Å². The van der Waals surface area contributed by atoms with Crippen molar-refractivity contribution in [2.24, 2.45) is 5.16 Å². The van der Waals surface area contributed by atoms with Crippen LogP contribution in [0.15, 0.2) is 88.8 Å². The van der Waals surface area contributed by atoms with E-state index in [4.69, 9.17) is 4.84 Å². The van der Waals surface area contributed by atoms with Crippen molar-refractivity contribution >= 4 is 21.6 Å². The molecule has 2 aromatic carbocycles. The summed E-state index contributed by atoms with van der Waals surface area (Å²) in [4.78, 5) is 9.74. The maximum Gasteiger partial charge on any atom is 0.142 e. The summed E-state index contributed by atoms with van der Waals surface area (Å²) < 4.78 is 1.02. The van der Waals surface area contributed by atoms with E-state index in [-0.39, 0.29) is 0 Å². The molecule has 0 aliphatic rings. The minimum atomic E-state index is 0.432. The summed E-state index contributed by atoms with van der Waals surface area (Å²) >= 11 is 3.45. The van der Waals surface area contributed by atoms with Gasteiger partial charge in [0.15, 0.2) is 0 Å². The molecule has 1 heterocycles. The fraction of sp³-hybridized carbons (Fsp3) is 0.0526. The molecule has 23 heavy (non-hydrogen) atoms. The molecule has 0 aliphatic carbocycles. The molecule has 0 N–H and O–H groups in total. The number of hydrogen-bond acceptors (Lipinski definition) is 3. The van der Waals surface area contributed by atoms with Crippen molar-refractivity contribution in [1.82, 2.24) is 4.98 Å². The third-order valence-corrected chi connectivity index (χ3v) is 3.81. The second kappa shape index (κ2) is 7.70. The summed E-state index contributed by atoms with van der Waals surface area (Å²) in [6.45, 7) is 0.432. The summed E-state index contributed by atoms with van der Waals surface area (Å²) in [5.41, 5.74) is 3.75. The molecule has 0 atom stereocenters. The van der Waals surface area contributed by atoms with Gasteiger partial charge in [0.2, 0.25) is 0 Å². The largest absolute Gasteiger partial charge is 0.390 e. The second-order valence-electron chi connectivity index (χ2n) is 4.95. The smallest absolute Gasteiger partial charge is 0.142 e. The van der Waals surface area contributed by atoms with Crippen LogP contribution in [0.25, 0.3) is 0 Å². The molecule has 114 valence electrons. The van der Waals surface area contributed by atoms with Crippen LogP contribution in [0.4, 0.5) is 0 Å². The highest BCUT2D eigenvalue weighted by molar-refractivity contribution is 9.10. The third kappa shape index (κ3) is 4.27. The van der Waals surface area contributed by atoms with Gasteiger partial charge in [-0.1, -0.05) is 63.6 Å². The topological polar surface area (TPSA) is 34.5 Å². The van der Waals surface area contributed by atoms with Gasteiger partial charge in [-0.15, -0.1) is 0 Å². The quantitative estimate of drug-likeness (QED) is 0.479. The van der Waals surface area contributed by atoms with Gasteiger partial charge in [-0.25, -0.2) is 0 Å². The van der Waals surface area contributed by atoms with Crippen LogP contribution in [0.2, 0.25) is 0 Å². The Balaban J connectivity index is 1.86. The lowest BCUT2D eigenvalue weighted by atomic mass is 10.0. The monoisotopic (exact) mass is 366 g/mol. The third-order valence-electron chi connectivity index (χ3n) is 3.28. The lowest BCUT2D eigenvalue weighted by molar-refractivity contribution is 0.131. The van der Waals surface area contributed by atoms with Crippen molar-refractivity contribution in [2.75, 3.05) is 0 Å². The first-order chi connectivity index (χ1) is 11.3. The molecule has 3 aromatic rings. The summed E-state index contributed by atoms with van der Waals surface area (Å²) in [7, 11) is 0. The summed E-state index contributed by atoms with van der Waals surface area (Å²) in [5.74, 6) is 0. The van der Waals surface area contributed by atoms with Crippen LogP contribution in [-0.2, 0) is 11.4 Å². The van der Waals surface area contributed by atoms with Crippen LogP contribution in [-0.4, -0.2) is 10.7 Å². The Labute approximate surface area is 143 Å². The van der Waals surface area contributed by atoms with Crippen LogP contribution >= 0.6 is 15.9 Å². The highest BCUT2D eigenvalue weighted by Gasteiger charge is 2.08. The van der Waals surface area contributed by atoms with Gasteiger partial charge in [0.05, 0.1) is 0 Å². The molecular weight excluding hydrogens is 352 g/mol. The standard InChI is InChI=1S/C19H15BrN2O/c20-18-10-8-16(9-11-18)19(17-7-4-12-21-13-17)22-23-14-15-5-2-1-3-6-15/h1-13H,14H2. The van der Waals surface area contributed by atoms with Crippen LogP contribution in [0.5, 0.6) is 0 Å². The van der Waals surface area contributed by atoms with Crippen molar-refractivity contribution < 1.29 is 4.84 Å². The number of hydrogen-bond donors (Lipinski definition) is 0. The molecule has 0 amide bonds. The predicted molar refractivity (Wildman–Crippen MR) is 95.2 cm³/mol. The average Bonchev–Trinajstić information content (AvgIpc) is 2.61. The number of nitrogens with zero attached hydrogens (tertiary/aromatic N) is 2. The number of benzene rings is 2. The fourth-order valence-corrected chi connectivity index (χ4v) is 2.39.